The highest BCUT2D eigenvalue weighted by Gasteiger charge is 2.22. The van der Waals surface area contributed by atoms with Crippen molar-refractivity contribution in [2.45, 2.75) is 26.8 Å². The molecule has 3 heterocycles. The minimum absolute atomic E-state index is 0.0184. The monoisotopic (exact) mass is 447 g/mol. The molecule has 8 heteroatoms. The summed E-state index contributed by atoms with van der Waals surface area (Å²) in [7, 11) is 0. The number of hydrogen-bond donors (Lipinski definition) is 0. The van der Waals surface area contributed by atoms with Gasteiger partial charge in [0.1, 0.15) is 22.9 Å². The van der Waals surface area contributed by atoms with Crippen LogP contribution in [0.15, 0.2) is 65.1 Å². The lowest BCUT2D eigenvalue weighted by Crippen LogP contribution is -2.03. The minimum Gasteiger partial charge on any atom is -0.460 e. The summed E-state index contributed by atoms with van der Waals surface area (Å²) in [6, 6.07) is 17.5. The average molecular weight is 448 g/mol. The lowest BCUT2D eigenvalue weighted by Gasteiger charge is -2.00. The zero-order valence-electron chi connectivity index (χ0n) is 17.6. The topological polar surface area (TPSA) is 91.2 Å². The molecular formula is C24H21N3O4S. The van der Waals surface area contributed by atoms with Crippen LogP contribution in [0.4, 0.5) is 5.69 Å². The van der Waals surface area contributed by atoms with Crippen LogP contribution in [0.5, 0.6) is 0 Å². The maximum absolute atomic E-state index is 12.5. The standard InChI is InChI=1S/C24H21N3O4S/c1-16-24(27(29)30)17(2)26(25-16)15-20-9-8-19(31-20)10-12-22(28)23-13-11-21(32-23)14-18-6-4-3-5-7-18/h3-13H,14-15H2,1-2H3/b12-10+. The zero-order chi connectivity index (χ0) is 22.7. The van der Waals surface area contributed by atoms with Crippen LogP contribution in [0.3, 0.4) is 0 Å². The van der Waals surface area contributed by atoms with Crippen LogP contribution in [-0.4, -0.2) is 20.5 Å². The second-order valence-corrected chi connectivity index (χ2v) is 8.53. The van der Waals surface area contributed by atoms with Gasteiger partial charge in [0.25, 0.3) is 0 Å². The summed E-state index contributed by atoms with van der Waals surface area (Å²) in [4.78, 5) is 25.1. The number of aryl methyl sites for hydroxylation is 1. The number of ketones is 1. The second-order valence-electron chi connectivity index (χ2n) is 7.36. The Balaban J connectivity index is 1.40. The summed E-state index contributed by atoms with van der Waals surface area (Å²) in [6.07, 6.45) is 3.93. The molecule has 0 aliphatic rings. The lowest BCUT2D eigenvalue weighted by molar-refractivity contribution is -0.386. The molecule has 0 bridgehead atoms. The highest BCUT2D eigenvalue weighted by atomic mass is 32.1. The lowest BCUT2D eigenvalue weighted by atomic mass is 10.1. The summed E-state index contributed by atoms with van der Waals surface area (Å²) in [5, 5.41) is 15.4. The van der Waals surface area contributed by atoms with Crippen molar-refractivity contribution in [1.29, 1.82) is 0 Å². The van der Waals surface area contributed by atoms with E-state index < -0.39 is 4.92 Å². The van der Waals surface area contributed by atoms with E-state index in [9.17, 15) is 14.9 Å². The van der Waals surface area contributed by atoms with Crippen LogP contribution >= 0.6 is 11.3 Å². The van der Waals surface area contributed by atoms with Crippen molar-refractivity contribution < 1.29 is 14.1 Å². The predicted molar refractivity (Wildman–Crippen MR) is 123 cm³/mol. The fourth-order valence-corrected chi connectivity index (χ4v) is 4.43. The maximum atomic E-state index is 12.5. The third kappa shape index (κ3) is 4.76. The molecule has 0 unspecified atom stereocenters. The molecule has 0 N–H and O–H groups in total. The highest BCUT2D eigenvalue weighted by molar-refractivity contribution is 7.14. The van der Waals surface area contributed by atoms with Gasteiger partial charge in [0.15, 0.2) is 5.78 Å². The fourth-order valence-electron chi connectivity index (χ4n) is 3.46. The maximum Gasteiger partial charge on any atom is 0.312 e. The molecule has 4 aromatic rings. The molecular weight excluding hydrogens is 426 g/mol. The first kappa shape index (κ1) is 21.5. The molecule has 3 aromatic heterocycles. The molecule has 0 saturated heterocycles. The van der Waals surface area contributed by atoms with Crippen molar-refractivity contribution in [2.24, 2.45) is 0 Å². The van der Waals surface area contributed by atoms with Gasteiger partial charge >= 0.3 is 5.69 Å². The van der Waals surface area contributed by atoms with Crippen molar-refractivity contribution in [3.63, 3.8) is 0 Å². The number of benzene rings is 1. The van der Waals surface area contributed by atoms with E-state index in [1.165, 1.54) is 23.0 Å². The van der Waals surface area contributed by atoms with Gasteiger partial charge in [-0.25, -0.2) is 0 Å². The smallest absolute Gasteiger partial charge is 0.312 e. The normalized spacial score (nSPS) is 11.3. The number of aromatic nitrogens is 2. The van der Waals surface area contributed by atoms with Crippen LogP contribution in [0.2, 0.25) is 0 Å². The molecule has 4 rings (SSSR count). The summed E-state index contributed by atoms with van der Waals surface area (Å²) < 4.78 is 7.30. The van der Waals surface area contributed by atoms with Gasteiger partial charge < -0.3 is 4.42 Å². The number of rotatable bonds is 8. The van der Waals surface area contributed by atoms with Gasteiger partial charge in [0.05, 0.1) is 16.3 Å². The van der Waals surface area contributed by atoms with Crippen molar-refractivity contribution >= 4 is 28.9 Å². The van der Waals surface area contributed by atoms with Crippen LogP contribution in [0.25, 0.3) is 6.08 Å². The number of thiophene rings is 1. The van der Waals surface area contributed by atoms with Crippen molar-refractivity contribution in [3.8, 4) is 0 Å². The fraction of sp³-hybridized carbons (Fsp3) is 0.167. The molecule has 0 amide bonds. The predicted octanol–water partition coefficient (Wildman–Crippen LogP) is 5.60. The largest absolute Gasteiger partial charge is 0.460 e. The average Bonchev–Trinajstić information content (AvgIpc) is 3.47. The Morgan fingerprint density at radius 3 is 2.66 bits per heavy atom. The Kier molecular flexibility index (Phi) is 6.13. The molecule has 0 radical (unpaired) electrons. The molecule has 7 nitrogen and oxygen atoms in total. The quantitative estimate of drug-likeness (QED) is 0.152. The molecule has 1 aromatic carbocycles. The van der Waals surface area contributed by atoms with Gasteiger partial charge in [0, 0.05) is 11.3 Å². The summed E-state index contributed by atoms with van der Waals surface area (Å²) in [5.41, 5.74) is 2.07. The van der Waals surface area contributed by atoms with Gasteiger partial charge in [-0.2, -0.15) is 5.10 Å². The van der Waals surface area contributed by atoms with E-state index in [-0.39, 0.29) is 18.0 Å². The number of hydrogen-bond acceptors (Lipinski definition) is 6. The summed E-state index contributed by atoms with van der Waals surface area (Å²) in [5.74, 6) is 1.05. The molecule has 0 fully saturated rings. The number of nitrogens with zero attached hydrogens (tertiary/aromatic N) is 3. The number of nitro groups is 1. The molecule has 0 aliphatic carbocycles. The molecule has 0 atom stereocenters. The van der Waals surface area contributed by atoms with E-state index in [4.69, 9.17) is 4.42 Å². The number of furan rings is 1. The Morgan fingerprint density at radius 1 is 1.16 bits per heavy atom. The summed E-state index contributed by atoms with van der Waals surface area (Å²) >= 11 is 1.49. The Bertz CT molecular complexity index is 1300. The van der Waals surface area contributed by atoms with Gasteiger partial charge in [-0.05, 0) is 55.8 Å². The van der Waals surface area contributed by atoms with E-state index >= 15 is 0 Å². The van der Waals surface area contributed by atoms with E-state index in [0.29, 0.717) is 27.8 Å². The van der Waals surface area contributed by atoms with Crippen molar-refractivity contribution in [2.75, 3.05) is 0 Å². The number of allylic oxidation sites excluding steroid dienone is 1. The van der Waals surface area contributed by atoms with E-state index in [1.807, 2.05) is 30.3 Å². The van der Waals surface area contributed by atoms with E-state index in [2.05, 4.69) is 17.2 Å². The van der Waals surface area contributed by atoms with Crippen LogP contribution in [0.1, 0.15) is 43.0 Å². The minimum atomic E-state index is -0.425. The Labute approximate surface area is 188 Å². The molecule has 32 heavy (non-hydrogen) atoms. The Hall–Kier alpha value is -3.78. The van der Waals surface area contributed by atoms with Crippen LogP contribution in [0, 0.1) is 24.0 Å². The first-order chi connectivity index (χ1) is 15.4. The number of carbonyl (C=O) groups is 1. The van der Waals surface area contributed by atoms with E-state index in [0.717, 1.165) is 11.3 Å². The van der Waals surface area contributed by atoms with Crippen LogP contribution < -0.4 is 0 Å². The SMILES string of the molecule is Cc1nn(Cc2ccc(/C=C/C(=O)c3ccc(Cc4ccccc4)s3)o2)c(C)c1[N+](=O)[O-]. The zero-order valence-corrected chi connectivity index (χ0v) is 18.5. The number of carbonyl (C=O) groups excluding carboxylic acids is 1. The van der Waals surface area contributed by atoms with Gasteiger partial charge in [-0.1, -0.05) is 30.3 Å². The first-order valence-electron chi connectivity index (χ1n) is 10.0. The third-order valence-corrected chi connectivity index (χ3v) is 6.14. The molecule has 0 aliphatic heterocycles. The molecule has 0 saturated carbocycles. The van der Waals surface area contributed by atoms with Gasteiger partial charge in [-0.15, -0.1) is 11.3 Å². The second kappa shape index (κ2) is 9.15. The van der Waals surface area contributed by atoms with Crippen molar-refractivity contribution in [3.05, 3.63) is 109 Å². The molecule has 0 spiro atoms. The van der Waals surface area contributed by atoms with E-state index in [1.54, 1.807) is 36.7 Å². The van der Waals surface area contributed by atoms with Gasteiger partial charge in [0.2, 0.25) is 0 Å². The van der Waals surface area contributed by atoms with Crippen molar-refractivity contribution in [1.82, 2.24) is 9.78 Å². The first-order valence-corrected chi connectivity index (χ1v) is 10.8. The van der Waals surface area contributed by atoms with Gasteiger partial charge in [-0.3, -0.25) is 19.6 Å². The third-order valence-electron chi connectivity index (χ3n) is 5.04. The van der Waals surface area contributed by atoms with Crippen LogP contribution in [-0.2, 0) is 13.0 Å². The highest BCUT2D eigenvalue weighted by Crippen LogP contribution is 2.24. The molecule has 162 valence electrons. The summed E-state index contributed by atoms with van der Waals surface area (Å²) in [6.45, 7) is 3.54. The Morgan fingerprint density at radius 2 is 1.94 bits per heavy atom.